The summed E-state index contributed by atoms with van der Waals surface area (Å²) in [6, 6.07) is 0. The third-order valence-electron chi connectivity index (χ3n) is 4.88. The highest BCUT2D eigenvalue weighted by Crippen LogP contribution is 2.29. The summed E-state index contributed by atoms with van der Waals surface area (Å²) in [6.07, 6.45) is 7.87. The summed E-state index contributed by atoms with van der Waals surface area (Å²) >= 11 is 1.27. The van der Waals surface area contributed by atoms with Gasteiger partial charge in [0.1, 0.15) is 15.8 Å². The Morgan fingerprint density at radius 3 is 2.76 bits per heavy atom. The van der Waals surface area contributed by atoms with Crippen molar-refractivity contribution in [3.05, 3.63) is 27.1 Å². The van der Waals surface area contributed by atoms with E-state index in [1.807, 2.05) is 6.92 Å². The minimum atomic E-state index is -0.305. The zero-order chi connectivity index (χ0) is 18.0. The zero-order valence-electron chi connectivity index (χ0n) is 15.2. The van der Waals surface area contributed by atoms with E-state index in [2.05, 4.69) is 18.8 Å². The molecule has 1 fully saturated rings. The van der Waals surface area contributed by atoms with Gasteiger partial charge in [-0.3, -0.25) is 9.36 Å². The van der Waals surface area contributed by atoms with Gasteiger partial charge in [0.25, 0.3) is 5.56 Å². The summed E-state index contributed by atoms with van der Waals surface area (Å²) in [4.78, 5) is 30.9. The molecule has 0 N–H and O–H groups in total. The van der Waals surface area contributed by atoms with Gasteiger partial charge < -0.3 is 4.74 Å². The summed E-state index contributed by atoms with van der Waals surface area (Å²) in [7, 11) is 0. The lowest BCUT2D eigenvalue weighted by molar-refractivity contribution is 0.0216. The van der Waals surface area contributed by atoms with Crippen LogP contribution in [0.4, 0.5) is 0 Å². The quantitative estimate of drug-likeness (QED) is 0.744. The molecule has 0 saturated heterocycles. The summed E-state index contributed by atoms with van der Waals surface area (Å²) in [5.74, 6) is 0.215. The normalized spacial score (nSPS) is 15.8. The molecule has 0 unspecified atom stereocenters. The first-order valence-corrected chi connectivity index (χ1v) is 9.98. The van der Waals surface area contributed by atoms with E-state index in [0.29, 0.717) is 33.1 Å². The molecule has 2 aromatic rings. The standard InChI is InChI=1S/C19H26N2O3S/c1-12(2)9-10-21-11-20-17-15(18(21)22)13(3)16(25-17)19(23)24-14-7-5-4-6-8-14/h11-12,14H,4-10H2,1-3H3. The van der Waals surface area contributed by atoms with Crippen LogP contribution in [0.25, 0.3) is 10.2 Å². The maximum absolute atomic E-state index is 12.8. The third kappa shape index (κ3) is 3.94. The molecule has 136 valence electrons. The van der Waals surface area contributed by atoms with Crippen molar-refractivity contribution in [3.63, 3.8) is 0 Å². The average Bonchev–Trinajstić information content (AvgIpc) is 2.93. The second-order valence-corrected chi connectivity index (χ2v) is 8.33. The number of ether oxygens (including phenoxy) is 1. The van der Waals surface area contributed by atoms with Crippen LogP contribution in [-0.2, 0) is 11.3 Å². The van der Waals surface area contributed by atoms with E-state index < -0.39 is 0 Å². The Balaban J connectivity index is 1.87. The van der Waals surface area contributed by atoms with E-state index in [1.54, 1.807) is 10.9 Å². The fraction of sp³-hybridized carbons (Fsp3) is 0.632. The number of hydrogen-bond acceptors (Lipinski definition) is 5. The van der Waals surface area contributed by atoms with Crippen LogP contribution in [-0.4, -0.2) is 21.6 Å². The van der Waals surface area contributed by atoms with Gasteiger partial charge in [-0.05, 0) is 50.5 Å². The van der Waals surface area contributed by atoms with Gasteiger partial charge in [-0.1, -0.05) is 20.3 Å². The third-order valence-corrected chi connectivity index (χ3v) is 6.06. The number of fused-ring (bicyclic) bond motifs is 1. The fourth-order valence-electron chi connectivity index (χ4n) is 3.30. The monoisotopic (exact) mass is 362 g/mol. The van der Waals surface area contributed by atoms with Crippen molar-refractivity contribution in [1.82, 2.24) is 9.55 Å². The fourth-order valence-corrected chi connectivity index (χ4v) is 4.32. The van der Waals surface area contributed by atoms with Crippen molar-refractivity contribution in [1.29, 1.82) is 0 Å². The van der Waals surface area contributed by atoms with Crippen molar-refractivity contribution in [2.45, 2.75) is 71.9 Å². The molecule has 1 aliphatic carbocycles. The lowest BCUT2D eigenvalue weighted by Crippen LogP contribution is -2.22. The number of aromatic nitrogens is 2. The van der Waals surface area contributed by atoms with Crippen molar-refractivity contribution in [3.8, 4) is 0 Å². The van der Waals surface area contributed by atoms with E-state index in [9.17, 15) is 9.59 Å². The Morgan fingerprint density at radius 1 is 1.36 bits per heavy atom. The van der Waals surface area contributed by atoms with E-state index in [-0.39, 0.29) is 17.6 Å². The van der Waals surface area contributed by atoms with E-state index in [4.69, 9.17) is 4.74 Å². The van der Waals surface area contributed by atoms with Crippen LogP contribution in [0.3, 0.4) is 0 Å². The Hall–Kier alpha value is -1.69. The molecule has 0 radical (unpaired) electrons. The number of rotatable bonds is 5. The molecule has 1 aliphatic rings. The Morgan fingerprint density at radius 2 is 2.08 bits per heavy atom. The van der Waals surface area contributed by atoms with Gasteiger partial charge in [0, 0.05) is 6.54 Å². The van der Waals surface area contributed by atoms with Crippen molar-refractivity contribution in [2.24, 2.45) is 5.92 Å². The smallest absolute Gasteiger partial charge is 0.348 e. The molecule has 2 heterocycles. The van der Waals surface area contributed by atoms with Gasteiger partial charge in [-0.25, -0.2) is 9.78 Å². The van der Waals surface area contributed by atoms with Gasteiger partial charge in [0.2, 0.25) is 0 Å². The predicted molar refractivity (Wildman–Crippen MR) is 100 cm³/mol. The molecule has 0 bridgehead atoms. The Bertz CT molecular complexity index is 816. The number of esters is 1. The lowest BCUT2D eigenvalue weighted by Gasteiger charge is -2.21. The molecule has 6 heteroatoms. The number of carbonyl (C=O) groups is 1. The van der Waals surface area contributed by atoms with Crippen LogP contribution < -0.4 is 5.56 Å². The van der Waals surface area contributed by atoms with Gasteiger partial charge >= 0.3 is 5.97 Å². The summed E-state index contributed by atoms with van der Waals surface area (Å²) < 4.78 is 7.32. The highest BCUT2D eigenvalue weighted by atomic mass is 32.1. The molecule has 0 atom stereocenters. The molecule has 5 nitrogen and oxygen atoms in total. The first kappa shape index (κ1) is 18.1. The second-order valence-electron chi connectivity index (χ2n) is 7.33. The number of aryl methyl sites for hydroxylation is 2. The largest absolute Gasteiger partial charge is 0.458 e. The minimum absolute atomic E-state index is 0.0153. The van der Waals surface area contributed by atoms with E-state index in [0.717, 1.165) is 32.1 Å². The summed E-state index contributed by atoms with van der Waals surface area (Å²) in [5.41, 5.74) is 0.647. The lowest BCUT2D eigenvalue weighted by atomic mass is 9.98. The van der Waals surface area contributed by atoms with Crippen LogP contribution in [0.5, 0.6) is 0 Å². The van der Waals surface area contributed by atoms with Crippen LogP contribution in [0.2, 0.25) is 0 Å². The van der Waals surface area contributed by atoms with Gasteiger partial charge in [-0.2, -0.15) is 0 Å². The Labute approximate surface area is 152 Å². The topological polar surface area (TPSA) is 61.2 Å². The minimum Gasteiger partial charge on any atom is -0.458 e. The van der Waals surface area contributed by atoms with Crippen molar-refractivity contribution in [2.75, 3.05) is 0 Å². The molecular formula is C19H26N2O3S. The van der Waals surface area contributed by atoms with Crippen LogP contribution >= 0.6 is 11.3 Å². The number of hydrogen-bond donors (Lipinski definition) is 0. The molecule has 1 saturated carbocycles. The van der Waals surface area contributed by atoms with Crippen LogP contribution in [0.1, 0.15) is 67.6 Å². The van der Waals surface area contributed by atoms with Crippen LogP contribution in [0.15, 0.2) is 11.1 Å². The van der Waals surface area contributed by atoms with E-state index >= 15 is 0 Å². The first-order chi connectivity index (χ1) is 12.0. The highest BCUT2D eigenvalue weighted by Gasteiger charge is 2.24. The average molecular weight is 362 g/mol. The number of nitrogens with zero attached hydrogens (tertiary/aromatic N) is 2. The molecule has 0 amide bonds. The van der Waals surface area contributed by atoms with Gasteiger partial charge in [0.15, 0.2) is 0 Å². The SMILES string of the molecule is Cc1c(C(=O)OC2CCCCC2)sc2ncn(CCC(C)C)c(=O)c12. The molecule has 0 aliphatic heterocycles. The number of thiophene rings is 1. The molecule has 2 aromatic heterocycles. The predicted octanol–water partition coefficient (Wildman–Crippen LogP) is 4.30. The zero-order valence-corrected chi connectivity index (χ0v) is 16.0. The number of carbonyl (C=O) groups excluding carboxylic acids is 1. The summed E-state index contributed by atoms with van der Waals surface area (Å²) in [5, 5.41) is 0.562. The first-order valence-electron chi connectivity index (χ1n) is 9.17. The van der Waals surface area contributed by atoms with Gasteiger partial charge in [0.05, 0.1) is 11.7 Å². The molecular weight excluding hydrogens is 336 g/mol. The summed E-state index contributed by atoms with van der Waals surface area (Å²) in [6.45, 7) is 6.74. The highest BCUT2D eigenvalue weighted by molar-refractivity contribution is 7.20. The molecule has 0 spiro atoms. The van der Waals surface area contributed by atoms with E-state index in [1.165, 1.54) is 17.8 Å². The van der Waals surface area contributed by atoms with Crippen LogP contribution in [0, 0.1) is 12.8 Å². The van der Waals surface area contributed by atoms with Crippen molar-refractivity contribution < 1.29 is 9.53 Å². The molecule has 0 aromatic carbocycles. The second kappa shape index (κ2) is 7.68. The molecule has 25 heavy (non-hydrogen) atoms. The molecule has 3 rings (SSSR count). The van der Waals surface area contributed by atoms with Crippen molar-refractivity contribution >= 4 is 27.5 Å². The Kier molecular flexibility index (Phi) is 5.57. The maximum atomic E-state index is 12.8. The maximum Gasteiger partial charge on any atom is 0.348 e. The van der Waals surface area contributed by atoms with Gasteiger partial charge in [-0.15, -0.1) is 11.3 Å².